The van der Waals surface area contributed by atoms with Gasteiger partial charge in [0.15, 0.2) is 0 Å². The lowest BCUT2D eigenvalue weighted by Crippen LogP contribution is -2.22. The molecular formula is C14H13NO3. The summed E-state index contributed by atoms with van der Waals surface area (Å²) in [6, 6.07) is 7.63. The van der Waals surface area contributed by atoms with Crippen molar-refractivity contribution < 1.29 is 14.3 Å². The van der Waals surface area contributed by atoms with E-state index in [4.69, 9.17) is 4.74 Å². The van der Waals surface area contributed by atoms with Crippen molar-refractivity contribution in [2.24, 2.45) is 5.92 Å². The van der Waals surface area contributed by atoms with E-state index in [0.717, 1.165) is 16.9 Å². The van der Waals surface area contributed by atoms with E-state index in [1.54, 1.807) is 0 Å². The third-order valence-electron chi connectivity index (χ3n) is 3.35. The maximum atomic E-state index is 11.8. The third kappa shape index (κ3) is 1.61. The van der Waals surface area contributed by atoms with Gasteiger partial charge in [0, 0.05) is 17.1 Å². The first-order valence-corrected chi connectivity index (χ1v) is 5.96. The molecule has 18 heavy (non-hydrogen) atoms. The number of hydrogen-bond acceptors (Lipinski definition) is 3. The van der Waals surface area contributed by atoms with Crippen molar-refractivity contribution in [1.29, 1.82) is 0 Å². The van der Waals surface area contributed by atoms with Gasteiger partial charge in [-0.2, -0.15) is 0 Å². The van der Waals surface area contributed by atoms with Gasteiger partial charge in [-0.1, -0.05) is 25.1 Å². The monoisotopic (exact) mass is 243 g/mol. The number of rotatable bonds is 0. The Morgan fingerprint density at radius 1 is 1.28 bits per heavy atom. The second-order valence-electron chi connectivity index (χ2n) is 4.65. The fraction of sp³-hybridized carbons (Fsp3) is 0.286. The molecule has 1 aromatic carbocycles. The Morgan fingerprint density at radius 3 is 2.78 bits per heavy atom. The van der Waals surface area contributed by atoms with Crippen molar-refractivity contribution in [2.75, 3.05) is 6.61 Å². The van der Waals surface area contributed by atoms with Gasteiger partial charge < -0.3 is 4.74 Å². The van der Waals surface area contributed by atoms with Gasteiger partial charge in [0.05, 0.1) is 13.0 Å². The highest BCUT2D eigenvalue weighted by atomic mass is 16.5. The van der Waals surface area contributed by atoms with Crippen LogP contribution < -0.4 is 10.1 Å². The molecule has 0 aliphatic carbocycles. The van der Waals surface area contributed by atoms with E-state index >= 15 is 0 Å². The van der Waals surface area contributed by atoms with Crippen LogP contribution >= 0.6 is 0 Å². The van der Waals surface area contributed by atoms with Gasteiger partial charge >= 0.3 is 0 Å². The largest absolute Gasteiger partial charge is 0.492 e. The summed E-state index contributed by atoms with van der Waals surface area (Å²) in [4.78, 5) is 23.1. The Morgan fingerprint density at radius 2 is 2.06 bits per heavy atom. The van der Waals surface area contributed by atoms with Crippen LogP contribution in [0.15, 0.2) is 29.8 Å². The molecule has 2 aliphatic rings. The second-order valence-corrected chi connectivity index (χ2v) is 4.65. The van der Waals surface area contributed by atoms with Crippen LogP contribution in [0.25, 0.3) is 5.57 Å². The smallest absolute Gasteiger partial charge is 0.254 e. The number of benzene rings is 1. The number of nitrogens with one attached hydrogen (secondary N) is 1. The van der Waals surface area contributed by atoms with Crippen molar-refractivity contribution in [2.45, 2.75) is 13.3 Å². The minimum atomic E-state index is -0.265. The average molecular weight is 243 g/mol. The molecule has 1 aromatic rings. The predicted molar refractivity (Wildman–Crippen MR) is 65.8 cm³/mol. The van der Waals surface area contributed by atoms with Crippen molar-refractivity contribution >= 4 is 17.4 Å². The van der Waals surface area contributed by atoms with Crippen LogP contribution in [0.1, 0.15) is 18.9 Å². The van der Waals surface area contributed by atoms with E-state index < -0.39 is 0 Å². The van der Waals surface area contributed by atoms with Crippen LogP contribution in [0.4, 0.5) is 0 Å². The van der Waals surface area contributed by atoms with Gasteiger partial charge in [0.25, 0.3) is 5.91 Å². The SMILES string of the molecule is CC1COc2ccccc2/C1=C1\CC(=O)NC1=O. The van der Waals surface area contributed by atoms with Gasteiger partial charge in [-0.15, -0.1) is 0 Å². The normalized spacial score (nSPS) is 26.6. The van der Waals surface area contributed by atoms with E-state index in [9.17, 15) is 9.59 Å². The number of carbonyl (C=O) groups is 2. The number of para-hydroxylation sites is 1. The zero-order valence-electron chi connectivity index (χ0n) is 10.0. The molecule has 0 saturated carbocycles. The summed E-state index contributed by atoms with van der Waals surface area (Å²) in [5.74, 6) is 0.411. The average Bonchev–Trinajstić information content (AvgIpc) is 2.68. The molecule has 1 unspecified atom stereocenters. The molecule has 1 saturated heterocycles. The van der Waals surface area contributed by atoms with Gasteiger partial charge in [-0.25, -0.2) is 0 Å². The third-order valence-corrected chi connectivity index (χ3v) is 3.35. The molecule has 0 spiro atoms. The molecular weight excluding hydrogens is 230 g/mol. The minimum absolute atomic E-state index is 0.117. The topological polar surface area (TPSA) is 55.4 Å². The number of fused-ring (bicyclic) bond motifs is 1. The Hall–Kier alpha value is -2.10. The molecule has 0 radical (unpaired) electrons. The summed E-state index contributed by atoms with van der Waals surface area (Å²) >= 11 is 0. The number of ether oxygens (including phenoxy) is 1. The van der Waals surface area contributed by atoms with Crippen molar-refractivity contribution in [3.8, 4) is 5.75 Å². The summed E-state index contributed by atoms with van der Waals surface area (Å²) in [5, 5.41) is 2.34. The molecule has 1 fully saturated rings. The molecule has 2 amide bonds. The molecule has 4 nitrogen and oxygen atoms in total. The van der Waals surface area contributed by atoms with Crippen LogP contribution in [-0.2, 0) is 9.59 Å². The lowest BCUT2D eigenvalue weighted by molar-refractivity contribution is -0.124. The Balaban J connectivity index is 2.19. The molecule has 3 rings (SSSR count). The fourth-order valence-corrected chi connectivity index (χ4v) is 2.54. The maximum Gasteiger partial charge on any atom is 0.254 e. The van der Waals surface area contributed by atoms with E-state index in [1.807, 2.05) is 31.2 Å². The zero-order valence-corrected chi connectivity index (χ0v) is 10.0. The lowest BCUT2D eigenvalue weighted by atomic mass is 9.87. The van der Waals surface area contributed by atoms with E-state index in [1.165, 1.54) is 0 Å². The molecule has 2 aliphatic heterocycles. The fourth-order valence-electron chi connectivity index (χ4n) is 2.54. The van der Waals surface area contributed by atoms with Gasteiger partial charge in [-0.3, -0.25) is 14.9 Å². The van der Waals surface area contributed by atoms with E-state index in [-0.39, 0.29) is 24.2 Å². The Kier molecular flexibility index (Phi) is 2.44. The van der Waals surface area contributed by atoms with E-state index in [2.05, 4.69) is 5.32 Å². The number of carbonyl (C=O) groups excluding carboxylic acids is 2. The molecule has 2 heterocycles. The van der Waals surface area contributed by atoms with Gasteiger partial charge in [0.2, 0.25) is 5.91 Å². The van der Waals surface area contributed by atoms with Crippen LogP contribution in [-0.4, -0.2) is 18.4 Å². The highest BCUT2D eigenvalue weighted by molar-refractivity contribution is 6.17. The number of hydrogen-bond donors (Lipinski definition) is 1. The van der Waals surface area contributed by atoms with E-state index in [0.29, 0.717) is 12.2 Å². The summed E-state index contributed by atoms with van der Waals surface area (Å²) in [5.41, 5.74) is 2.46. The first-order chi connectivity index (χ1) is 8.66. The van der Waals surface area contributed by atoms with Gasteiger partial charge in [0.1, 0.15) is 5.75 Å². The summed E-state index contributed by atoms with van der Waals surface area (Å²) in [6.07, 6.45) is 0.173. The highest BCUT2D eigenvalue weighted by Crippen LogP contribution is 2.39. The quantitative estimate of drug-likeness (QED) is 0.555. The molecule has 0 bridgehead atoms. The van der Waals surface area contributed by atoms with Crippen LogP contribution in [0.2, 0.25) is 0 Å². The Bertz CT molecular complexity index is 574. The zero-order chi connectivity index (χ0) is 12.7. The van der Waals surface area contributed by atoms with Crippen molar-refractivity contribution in [3.05, 3.63) is 35.4 Å². The summed E-state index contributed by atoms with van der Waals surface area (Å²) < 4.78 is 5.64. The predicted octanol–water partition coefficient (Wildman–Crippen LogP) is 1.52. The summed E-state index contributed by atoms with van der Waals surface area (Å²) in [6.45, 7) is 2.55. The van der Waals surface area contributed by atoms with Crippen LogP contribution in [0.3, 0.4) is 0 Å². The first kappa shape index (κ1) is 11.0. The number of imide groups is 1. The minimum Gasteiger partial charge on any atom is -0.492 e. The molecule has 4 heteroatoms. The molecule has 92 valence electrons. The van der Waals surface area contributed by atoms with Crippen molar-refractivity contribution in [3.63, 3.8) is 0 Å². The molecule has 1 atom stereocenters. The van der Waals surface area contributed by atoms with Crippen LogP contribution in [0, 0.1) is 5.92 Å². The van der Waals surface area contributed by atoms with Crippen molar-refractivity contribution in [1.82, 2.24) is 5.32 Å². The summed E-state index contributed by atoms with van der Waals surface area (Å²) in [7, 11) is 0. The highest BCUT2D eigenvalue weighted by Gasteiger charge is 2.32. The second kappa shape index (κ2) is 3.98. The van der Waals surface area contributed by atoms with Crippen LogP contribution in [0.5, 0.6) is 5.75 Å². The molecule has 1 N–H and O–H groups in total. The maximum absolute atomic E-state index is 11.8. The first-order valence-electron chi connectivity index (χ1n) is 5.96. The van der Waals surface area contributed by atoms with Gasteiger partial charge in [-0.05, 0) is 11.6 Å². The molecule has 0 aromatic heterocycles. The number of amides is 2. The Labute approximate surface area is 105 Å². The standard InChI is InChI=1S/C14H13NO3/c1-8-7-18-11-5-3-2-4-9(11)13(8)10-6-12(16)15-14(10)17/h2-5,8H,6-7H2,1H3,(H,15,16,17)/b13-10+. The lowest BCUT2D eigenvalue weighted by Gasteiger charge is -2.26.